The fraction of sp³-hybridized carbons (Fsp3) is 0.615. The zero-order chi connectivity index (χ0) is 11.5. The number of rotatable bonds is 4. The summed E-state index contributed by atoms with van der Waals surface area (Å²) in [6.07, 6.45) is 8.81. The number of imidazole rings is 1. The van der Waals surface area contributed by atoms with Crippen LogP contribution in [0.1, 0.15) is 31.2 Å². The first-order valence-corrected chi connectivity index (χ1v) is 6.06. The predicted molar refractivity (Wildman–Crippen MR) is 66.5 cm³/mol. The van der Waals surface area contributed by atoms with Crippen molar-refractivity contribution in [2.24, 2.45) is 0 Å². The van der Waals surface area contributed by atoms with Crippen LogP contribution >= 0.6 is 0 Å². The quantitative estimate of drug-likeness (QED) is 0.787. The van der Waals surface area contributed by atoms with E-state index in [0.29, 0.717) is 12.1 Å². The van der Waals surface area contributed by atoms with Gasteiger partial charge in [-0.05, 0) is 33.6 Å². The predicted octanol–water partition coefficient (Wildman–Crippen LogP) is 2.20. The van der Waals surface area contributed by atoms with E-state index in [1.54, 1.807) is 0 Å². The maximum atomic E-state index is 4.32. The van der Waals surface area contributed by atoms with E-state index in [9.17, 15) is 0 Å². The van der Waals surface area contributed by atoms with E-state index in [2.05, 4.69) is 47.8 Å². The maximum absolute atomic E-state index is 4.32. The lowest BCUT2D eigenvalue weighted by Crippen LogP contribution is -2.37. The van der Waals surface area contributed by atoms with Gasteiger partial charge >= 0.3 is 0 Å². The van der Waals surface area contributed by atoms with Crippen LogP contribution in [0.2, 0.25) is 0 Å². The Hall–Kier alpha value is -1.09. The molecule has 1 aromatic heterocycles. The molecule has 1 heterocycles. The molecule has 0 saturated carbocycles. The van der Waals surface area contributed by atoms with Gasteiger partial charge in [0.2, 0.25) is 0 Å². The van der Waals surface area contributed by atoms with Gasteiger partial charge in [-0.15, -0.1) is 0 Å². The van der Waals surface area contributed by atoms with Gasteiger partial charge in [0, 0.05) is 24.3 Å². The lowest BCUT2D eigenvalue weighted by Gasteiger charge is -2.20. The van der Waals surface area contributed by atoms with Crippen molar-refractivity contribution in [3.8, 4) is 0 Å². The highest BCUT2D eigenvalue weighted by atomic mass is 15.1. The lowest BCUT2D eigenvalue weighted by molar-refractivity contribution is 0.414. The van der Waals surface area contributed by atoms with Crippen LogP contribution in [-0.2, 0) is 6.54 Å². The fourth-order valence-corrected chi connectivity index (χ4v) is 2.23. The largest absolute Gasteiger partial charge is 0.333 e. The van der Waals surface area contributed by atoms with Gasteiger partial charge in [-0.25, -0.2) is 4.98 Å². The SMILES string of the molecule is Cc1ncn(CC(C)NC2CC=CC2)c1C. The molecule has 2 rings (SSSR count). The average molecular weight is 219 g/mol. The first kappa shape index (κ1) is 11.4. The Balaban J connectivity index is 1.87. The van der Waals surface area contributed by atoms with Gasteiger partial charge in [0.25, 0.3) is 0 Å². The Morgan fingerprint density at radius 3 is 2.69 bits per heavy atom. The van der Waals surface area contributed by atoms with E-state index in [4.69, 9.17) is 0 Å². The second-order valence-electron chi connectivity index (χ2n) is 4.78. The minimum atomic E-state index is 0.497. The first-order chi connectivity index (χ1) is 7.66. The molecule has 0 amide bonds. The van der Waals surface area contributed by atoms with Crippen LogP contribution in [0.15, 0.2) is 18.5 Å². The number of aryl methyl sites for hydroxylation is 1. The van der Waals surface area contributed by atoms with Crippen LogP contribution in [-0.4, -0.2) is 21.6 Å². The van der Waals surface area contributed by atoms with E-state index >= 15 is 0 Å². The monoisotopic (exact) mass is 219 g/mol. The first-order valence-electron chi connectivity index (χ1n) is 6.06. The van der Waals surface area contributed by atoms with Crippen molar-refractivity contribution >= 4 is 0 Å². The Morgan fingerprint density at radius 2 is 2.12 bits per heavy atom. The molecular weight excluding hydrogens is 198 g/mol. The molecule has 0 bridgehead atoms. The summed E-state index contributed by atoms with van der Waals surface area (Å²) in [7, 11) is 0. The van der Waals surface area contributed by atoms with Crippen molar-refractivity contribution in [3.63, 3.8) is 0 Å². The van der Waals surface area contributed by atoms with Gasteiger partial charge in [0.05, 0.1) is 12.0 Å². The third-order valence-electron chi connectivity index (χ3n) is 3.34. The van der Waals surface area contributed by atoms with Crippen molar-refractivity contribution in [1.82, 2.24) is 14.9 Å². The summed E-state index contributed by atoms with van der Waals surface area (Å²) in [4.78, 5) is 4.32. The topological polar surface area (TPSA) is 29.9 Å². The molecule has 1 unspecified atom stereocenters. The van der Waals surface area contributed by atoms with Gasteiger partial charge in [-0.1, -0.05) is 12.2 Å². The summed E-state index contributed by atoms with van der Waals surface area (Å²) >= 11 is 0. The number of hydrogen-bond acceptors (Lipinski definition) is 2. The van der Waals surface area contributed by atoms with Crippen molar-refractivity contribution in [2.45, 2.75) is 52.2 Å². The molecule has 1 N–H and O–H groups in total. The minimum absolute atomic E-state index is 0.497. The van der Waals surface area contributed by atoms with Crippen LogP contribution in [0, 0.1) is 13.8 Å². The molecule has 0 aliphatic heterocycles. The highest BCUT2D eigenvalue weighted by Gasteiger charge is 2.14. The summed E-state index contributed by atoms with van der Waals surface area (Å²) in [6.45, 7) is 7.44. The van der Waals surface area contributed by atoms with E-state index in [1.165, 1.54) is 18.5 Å². The van der Waals surface area contributed by atoms with Gasteiger partial charge in [0.15, 0.2) is 0 Å². The molecule has 0 fully saturated rings. The average Bonchev–Trinajstić information content (AvgIpc) is 2.83. The van der Waals surface area contributed by atoms with Crippen LogP contribution in [0.25, 0.3) is 0 Å². The highest BCUT2D eigenvalue weighted by Crippen LogP contribution is 2.11. The van der Waals surface area contributed by atoms with Crippen molar-refractivity contribution in [2.75, 3.05) is 0 Å². The van der Waals surface area contributed by atoms with Crippen LogP contribution in [0.4, 0.5) is 0 Å². The molecule has 3 nitrogen and oxygen atoms in total. The summed E-state index contributed by atoms with van der Waals surface area (Å²) in [5.41, 5.74) is 2.41. The smallest absolute Gasteiger partial charge is 0.0951 e. The second-order valence-corrected chi connectivity index (χ2v) is 4.78. The summed E-state index contributed by atoms with van der Waals surface area (Å²) < 4.78 is 2.23. The molecular formula is C13H21N3. The second kappa shape index (κ2) is 4.83. The van der Waals surface area contributed by atoms with E-state index in [1.807, 2.05) is 6.33 Å². The Morgan fingerprint density at radius 1 is 1.44 bits per heavy atom. The van der Waals surface area contributed by atoms with Gasteiger partial charge < -0.3 is 9.88 Å². The number of aromatic nitrogens is 2. The summed E-state index contributed by atoms with van der Waals surface area (Å²) in [6, 6.07) is 1.14. The third kappa shape index (κ3) is 2.53. The standard InChI is InChI=1S/C13H21N3/c1-10(15-13-6-4-5-7-13)8-16-9-14-11(2)12(16)3/h4-5,9-10,13,15H,6-8H2,1-3H3. The molecule has 0 aromatic carbocycles. The third-order valence-corrected chi connectivity index (χ3v) is 3.34. The van der Waals surface area contributed by atoms with Gasteiger partial charge in [-0.3, -0.25) is 0 Å². The van der Waals surface area contributed by atoms with Crippen LogP contribution in [0.3, 0.4) is 0 Å². The van der Waals surface area contributed by atoms with E-state index < -0.39 is 0 Å². The van der Waals surface area contributed by atoms with Crippen molar-refractivity contribution in [3.05, 3.63) is 29.9 Å². The highest BCUT2D eigenvalue weighted by molar-refractivity contribution is 5.08. The number of nitrogens with one attached hydrogen (secondary N) is 1. The van der Waals surface area contributed by atoms with Crippen molar-refractivity contribution in [1.29, 1.82) is 0 Å². The minimum Gasteiger partial charge on any atom is -0.333 e. The number of nitrogens with zero attached hydrogens (tertiary/aromatic N) is 2. The van der Waals surface area contributed by atoms with E-state index in [0.717, 1.165) is 12.2 Å². The molecule has 1 aromatic rings. The Labute approximate surface area is 97.6 Å². The van der Waals surface area contributed by atoms with Crippen molar-refractivity contribution < 1.29 is 0 Å². The molecule has 0 saturated heterocycles. The molecule has 1 aliphatic rings. The Kier molecular flexibility index (Phi) is 3.44. The normalized spacial score (nSPS) is 18.2. The molecule has 16 heavy (non-hydrogen) atoms. The van der Waals surface area contributed by atoms with Gasteiger partial charge in [-0.2, -0.15) is 0 Å². The molecule has 1 atom stereocenters. The molecule has 0 spiro atoms. The van der Waals surface area contributed by atoms with E-state index in [-0.39, 0.29) is 0 Å². The molecule has 3 heteroatoms. The zero-order valence-electron chi connectivity index (χ0n) is 10.4. The maximum Gasteiger partial charge on any atom is 0.0951 e. The molecule has 0 radical (unpaired) electrons. The fourth-order valence-electron chi connectivity index (χ4n) is 2.23. The zero-order valence-corrected chi connectivity index (χ0v) is 10.4. The van der Waals surface area contributed by atoms with Crippen LogP contribution in [0.5, 0.6) is 0 Å². The summed E-state index contributed by atoms with van der Waals surface area (Å²) in [5.74, 6) is 0. The Bertz CT molecular complexity index is 371. The number of hydrogen-bond donors (Lipinski definition) is 1. The molecule has 1 aliphatic carbocycles. The summed E-state index contributed by atoms with van der Waals surface area (Å²) in [5, 5.41) is 3.65. The lowest BCUT2D eigenvalue weighted by atomic mass is 10.2. The van der Waals surface area contributed by atoms with Crippen LogP contribution < -0.4 is 5.32 Å². The molecule has 88 valence electrons. The van der Waals surface area contributed by atoms with Gasteiger partial charge in [0.1, 0.15) is 0 Å².